The molecule has 0 aliphatic rings. The number of benzene rings is 1. The van der Waals surface area contributed by atoms with Gasteiger partial charge in [0, 0.05) is 7.11 Å². The van der Waals surface area contributed by atoms with Gasteiger partial charge in [-0.25, -0.2) is 0 Å². The first-order chi connectivity index (χ1) is 7.27. The molecule has 0 aliphatic carbocycles. The fourth-order valence-corrected chi connectivity index (χ4v) is 1.14. The summed E-state index contributed by atoms with van der Waals surface area (Å²) in [7, 11) is 1.50. The van der Waals surface area contributed by atoms with Crippen LogP contribution in [0.25, 0.3) is 0 Å². The molecule has 0 bridgehead atoms. The van der Waals surface area contributed by atoms with E-state index in [2.05, 4.69) is 0 Å². The van der Waals surface area contributed by atoms with Crippen LogP contribution in [-0.2, 0) is 4.74 Å². The monoisotopic (exact) mass is 210 g/mol. The molecule has 4 nitrogen and oxygen atoms in total. The minimum Gasteiger partial charge on any atom is -0.490 e. The predicted molar refractivity (Wildman–Crippen MR) is 55.2 cm³/mol. The van der Waals surface area contributed by atoms with Crippen molar-refractivity contribution in [3.63, 3.8) is 0 Å². The van der Waals surface area contributed by atoms with Gasteiger partial charge in [0.1, 0.15) is 18.5 Å². The third-order valence-corrected chi connectivity index (χ3v) is 1.84. The molecule has 0 amide bonds. The second-order valence-electron chi connectivity index (χ2n) is 3.08. The second kappa shape index (κ2) is 6.16. The highest BCUT2D eigenvalue weighted by Gasteiger charge is 2.06. The zero-order chi connectivity index (χ0) is 11.1. The Morgan fingerprint density at radius 3 is 2.80 bits per heavy atom. The van der Waals surface area contributed by atoms with Crippen molar-refractivity contribution in [1.82, 2.24) is 0 Å². The van der Waals surface area contributed by atoms with Gasteiger partial charge in [0.15, 0.2) is 6.29 Å². The number of ether oxygens (including phenoxy) is 2. The van der Waals surface area contributed by atoms with Crippen molar-refractivity contribution in [3.05, 3.63) is 29.8 Å². The van der Waals surface area contributed by atoms with Gasteiger partial charge in [0.2, 0.25) is 0 Å². The minimum atomic E-state index is -0.685. The van der Waals surface area contributed by atoms with Crippen LogP contribution in [0.3, 0.4) is 0 Å². The summed E-state index contributed by atoms with van der Waals surface area (Å²) in [6.45, 7) is 0.321. The fourth-order valence-electron chi connectivity index (χ4n) is 1.14. The van der Waals surface area contributed by atoms with Gasteiger partial charge < -0.3 is 14.6 Å². The van der Waals surface area contributed by atoms with Gasteiger partial charge in [-0.2, -0.15) is 0 Å². The van der Waals surface area contributed by atoms with Crippen LogP contribution in [0.2, 0.25) is 0 Å². The van der Waals surface area contributed by atoms with E-state index in [-0.39, 0.29) is 13.2 Å². The van der Waals surface area contributed by atoms with E-state index in [1.54, 1.807) is 24.3 Å². The maximum atomic E-state index is 10.6. The summed E-state index contributed by atoms with van der Waals surface area (Å²) >= 11 is 0. The molecule has 1 aromatic rings. The highest BCUT2D eigenvalue weighted by Crippen LogP contribution is 2.15. The van der Waals surface area contributed by atoms with Crippen LogP contribution in [0.5, 0.6) is 5.75 Å². The first-order valence-corrected chi connectivity index (χ1v) is 4.62. The fraction of sp³-hybridized carbons (Fsp3) is 0.364. The van der Waals surface area contributed by atoms with Gasteiger partial charge in [-0.15, -0.1) is 0 Å². The summed E-state index contributed by atoms with van der Waals surface area (Å²) in [4.78, 5) is 10.6. The maximum Gasteiger partial charge on any atom is 0.153 e. The number of aliphatic hydroxyl groups is 1. The van der Waals surface area contributed by atoms with Crippen molar-refractivity contribution in [3.8, 4) is 5.75 Å². The van der Waals surface area contributed by atoms with E-state index in [1.165, 1.54) is 7.11 Å². The molecule has 0 saturated carbocycles. The molecule has 1 aromatic carbocycles. The molecule has 1 rings (SSSR count). The highest BCUT2D eigenvalue weighted by molar-refractivity contribution is 5.79. The third kappa shape index (κ3) is 3.69. The average Bonchev–Trinajstić information content (AvgIpc) is 2.27. The zero-order valence-corrected chi connectivity index (χ0v) is 8.55. The van der Waals surface area contributed by atoms with E-state index in [1.807, 2.05) is 0 Å². The van der Waals surface area contributed by atoms with Crippen LogP contribution in [0.1, 0.15) is 10.4 Å². The number of rotatable bonds is 6. The number of methoxy groups -OCH3 is 1. The average molecular weight is 210 g/mol. The molecule has 15 heavy (non-hydrogen) atoms. The summed E-state index contributed by atoms with van der Waals surface area (Å²) < 4.78 is 10.0. The van der Waals surface area contributed by atoms with Crippen molar-refractivity contribution >= 4 is 6.29 Å². The molecular weight excluding hydrogens is 196 g/mol. The molecule has 0 fully saturated rings. The number of carbonyl (C=O) groups excluding carboxylic acids is 1. The van der Waals surface area contributed by atoms with Crippen LogP contribution in [0.4, 0.5) is 0 Å². The van der Waals surface area contributed by atoms with Crippen LogP contribution in [0.15, 0.2) is 24.3 Å². The van der Waals surface area contributed by atoms with Crippen LogP contribution in [0, 0.1) is 0 Å². The summed E-state index contributed by atoms with van der Waals surface area (Å²) in [5.74, 6) is 0.475. The first-order valence-electron chi connectivity index (χ1n) is 4.62. The van der Waals surface area contributed by atoms with Gasteiger partial charge in [-0.05, 0) is 12.1 Å². The summed E-state index contributed by atoms with van der Waals surface area (Å²) in [5, 5.41) is 9.34. The molecule has 0 saturated heterocycles. The third-order valence-electron chi connectivity index (χ3n) is 1.84. The summed E-state index contributed by atoms with van der Waals surface area (Å²) in [5.41, 5.74) is 0.474. The van der Waals surface area contributed by atoms with Crippen LogP contribution in [-0.4, -0.2) is 37.8 Å². The number of hydrogen-bond donors (Lipinski definition) is 1. The SMILES string of the molecule is COCC(O)COc1ccccc1C=O. The molecule has 0 aliphatic heterocycles. The smallest absolute Gasteiger partial charge is 0.153 e. The van der Waals surface area contributed by atoms with Gasteiger partial charge in [-0.3, -0.25) is 4.79 Å². The van der Waals surface area contributed by atoms with E-state index in [0.29, 0.717) is 11.3 Å². The van der Waals surface area contributed by atoms with Gasteiger partial charge >= 0.3 is 0 Å². The van der Waals surface area contributed by atoms with Gasteiger partial charge in [0.05, 0.1) is 12.2 Å². The predicted octanol–water partition coefficient (Wildman–Crippen LogP) is 0.885. The Bertz CT molecular complexity index is 311. The lowest BCUT2D eigenvalue weighted by Crippen LogP contribution is -2.22. The normalized spacial score (nSPS) is 12.1. The highest BCUT2D eigenvalue weighted by atomic mass is 16.5. The lowest BCUT2D eigenvalue weighted by atomic mass is 10.2. The minimum absolute atomic E-state index is 0.110. The Morgan fingerprint density at radius 1 is 1.40 bits per heavy atom. The Kier molecular flexibility index (Phi) is 4.80. The topological polar surface area (TPSA) is 55.8 Å². The molecule has 4 heteroatoms. The van der Waals surface area contributed by atoms with Crippen molar-refractivity contribution < 1.29 is 19.4 Å². The molecule has 0 radical (unpaired) electrons. The zero-order valence-electron chi connectivity index (χ0n) is 8.55. The Hall–Kier alpha value is -1.39. The van der Waals surface area contributed by atoms with E-state index in [9.17, 15) is 9.90 Å². The van der Waals surface area contributed by atoms with Gasteiger partial charge in [-0.1, -0.05) is 12.1 Å². The van der Waals surface area contributed by atoms with E-state index in [0.717, 1.165) is 6.29 Å². The molecule has 0 aromatic heterocycles. The first kappa shape index (κ1) is 11.7. The van der Waals surface area contributed by atoms with Gasteiger partial charge in [0.25, 0.3) is 0 Å². The van der Waals surface area contributed by atoms with Crippen molar-refractivity contribution in [2.45, 2.75) is 6.10 Å². The van der Waals surface area contributed by atoms with E-state index in [4.69, 9.17) is 9.47 Å². The molecule has 1 unspecified atom stereocenters. The molecule has 1 atom stereocenters. The molecule has 0 spiro atoms. The number of hydrogen-bond acceptors (Lipinski definition) is 4. The largest absolute Gasteiger partial charge is 0.490 e. The van der Waals surface area contributed by atoms with Crippen molar-refractivity contribution in [1.29, 1.82) is 0 Å². The maximum absolute atomic E-state index is 10.6. The molecule has 82 valence electrons. The van der Waals surface area contributed by atoms with Crippen LogP contribution >= 0.6 is 0 Å². The molecular formula is C11H14O4. The standard InChI is InChI=1S/C11H14O4/c1-14-7-10(13)8-15-11-5-3-2-4-9(11)6-12/h2-6,10,13H,7-8H2,1H3. The Morgan fingerprint density at radius 2 is 2.13 bits per heavy atom. The number of aliphatic hydroxyl groups excluding tert-OH is 1. The number of aldehydes is 1. The lowest BCUT2D eigenvalue weighted by molar-refractivity contribution is 0.0323. The number of para-hydroxylation sites is 1. The Balaban J connectivity index is 2.53. The van der Waals surface area contributed by atoms with Crippen LogP contribution < -0.4 is 4.74 Å². The Labute approximate surface area is 88.4 Å². The molecule has 0 heterocycles. The van der Waals surface area contributed by atoms with E-state index >= 15 is 0 Å². The summed E-state index contributed by atoms with van der Waals surface area (Å²) in [6, 6.07) is 6.86. The summed E-state index contributed by atoms with van der Waals surface area (Å²) in [6.07, 6.45) is 0.0348. The van der Waals surface area contributed by atoms with Crippen molar-refractivity contribution in [2.75, 3.05) is 20.3 Å². The molecule has 1 N–H and O–H groups in total. The second-order valence-corrected chi connectivity index (χ2v) is 3.08. The lowest BCUT2D eigenvalue weighted by Gasteiger charge is -2.12. The van der Waals surface area contributed by atoms with E-state index < -0.39 is 6.10 Å². The quantitative estimate of drug-likeness (QED) is 0.708. The number of carbonyl (C=O) groups is 1. The van der Waals surface area contributed by atoms with Crippen molar-refractivity contribution in [2.24, 2.45) is 0 Å².